The highest BCUT2D eigenvalue weighted by Crippen LogP contribution is 2.19. The molecule has 8 heteroatoms. The second kappa shape index (κ2) is 10.7. The number of aliphatic imine (C=N–C) groups is 1. The zero-order valence-corrected chi connectivity index (χ0v) is 19.0. The molecule has 1 aromatic heterocycles. The van der Waals surface area contributed by atoms with Crippen LogP contribution < -0.4 is 15.4 Å². The summed E-state index contributed by atoms with van der Waals surface area (Å²) in [5.41, 5.74) is 7.45. The Kier molecular flexibility index (Phi) is 8.62. The summed E-state index contributed by atoms with van der Waals surface area (Å²) in [6.07, 6.45) is 1.85. The number of halogens is 1. The Hall–Kier alpha value is -1.55. The van der Waals surface area contributed by atoms with Crippen LogP contribution in [0.3, 0.4) is 0 Å². The maximum atomic E-state index is 6.13. The standard InChI is InChI=1S/C19H27N5OS.HI/c1-15(2)16-3-5-17(6-4-16)25-13-7-21-18(20)23-9-11-24(12-10-23)19-22-8-14-26-19;/h3-6,8,14-15H,7,9-13H2,1-2H3,(H2,20,21);1H. The lowest BCUT2D eigenvalue weighted by Crippen LogP contribution is -2.51. The van der Waals surface area contributed by atoms with Crippen molar-refractivity contribution in [3.05, 3.63) is 41.4 Å². The van der Waals surface area contributed by atoms with Gasteiger partial charge in [-0.2, -0.15) is 0 Å². The molecule has 148 valence electrons. The van der Waals surface area contributed by atoms with Gasteiger partial charge in [0.1, 0.15) is 12.4 Å². The number of thiazole rings is 1. The van der Waals surface area contributed by atoms with Crippen LogP contribution in [0, 0.1) is 0 Å². The van der Waals surface area contributed by atoms with E-state index in [4.69, 9.17) is 10.5 Å². The van der Waals surface area contributed by atoms with Gasteiger partial charge in [0.25, 0.3) is 0 Å². The summed E-state index contributed by atoms with van der Waals surface area (Å²) < 4.78 is 5.75. The van der Waals surface area contributed by atoms with Crippen LogP contribution in [0.5, 0.6) is 5.75 Å². The van der Waals surface area contributed by atoms with E-state index < -0.39 is 0 Å². The van der Waals surface area contributed by atoms with Gasteiger partial charge in [-0.3, -0.25) is 0 Å². The normalized spacial score (nSPS) is 15.0. The number of piperazine rings is 1. The lowest BCUT2D eigenvalue weighted by Gasteiger charge is -2.35. The minimum Gasteiger partial charge on any atom is -0.492 e. The van der Waals surface area contributed by atoms with E-state index in [1.54, 1.807) is 11.3 Å². The highest BCUT2D eigenvalue weighted by atomic mass is 127. The number of nitrogens with two attached hydrogens (primary N) is 1. The van der Waals surface area contributed by atoms with Crippen LogP contribution >= 0.6 is 35.3 Å². The maximum absolute atomic E-state index is 6.13. The van der Waals surface area contributed by atoms with Crippen molar-refractivity contribution in [2.75, 3.05) is 44.2 Å². The average molecular weight is 501 g/mol. The summed E-state index contributed by atoms with van der Waals surface area (Å²) in [6, 6.07) is 8.25. The van der Waals surface area contributed by atoms with E-state index in [-0.39, 0.29) is 24.0 Å². The molecule has 0 aliphatic carbocycles. The average Bonchev–Trinajstić information content (AvgIpc) is 3.20. The lowest BCUT2D eigenvalue weighted by atomic mass is 10.0. The number of hydrogen-bond donors (Lipinski definition) is 1. The van der Waals surface area contributed by atoms with Crippen molar-refractivity contribution in [2.24, 2.45) is 10.7 Å². The zero-order valence-electron chi connectivity index (χ0n) is 15.9. The van der Waals surface area contributed by atoms with Crippen molar-refractivity contribution in [3.63, 3.8) is 0 Å². The summed E-state index contributed by atoms with van der Waals surface area (Å²) in [4.78, 5) is 13.2. The molecule has 0 bridgehead atoms. The van der Waals surface area contributed by atoms with E-state index in [9.17, 15) is 0 Å². The van der Waals surface area contributed by atoms with Gasteiger partial charge in [0.05, 0.1) is 6.54 Å². The second-order valence-corrected chi connectivity index (χ2v) is 7.47. The van der Waals surface area contributed by atoms with Crippen LogP contribution in [0.2, 0.25) is 0 Å². The Balaban J connectivity index is 0.00000261. The largest absolute Gasteiger partial charge is 0.492 e. The van der Waals surface area contributed by atoms with Crippen LogP contribution in [0.15, 0.2) is 40.8 Å². The molecule has 0 radical (unpaired) electrons. The third kappa shape index (κ3) is 6.24. The molecule has 1 aliphatic rings. The van der Waals surface area contributed by atoms with Gasteiger partial charge in [0.15, 0.2) is 11.1 Å². The first-order valence-electron chi connectivity index (χ1n) is 9.05. The van der Waals surface area contributed by atoms with Crippen molar-refractivity contribution >= 4 is 46.4 Å². The van der Waals surface area contributed by atoms with Crippen molar-refractivity contribution < 1.29 is 4.74 Å². The highest BCUT2D eigenvalue weighted by Gasteiger charge is 2.19. The molecule has 2 N–H and O–H groups in total. The van der Waals surface area contributed by atoms with Crippen molar-refractivity contribution in [3.8, 4) is 5.75 Å². The number of nitrogens with zero attached hydrogens (tertiary/aromatic N) is 4. The minimum absolute atomic E-state index is 0. The van der Waals surface area contributed by atoms with Crippen LogP contribution in [0.1, 0.15) is 25.3 Å². The van der Waals surface area contributed by atoms with Gasteiger partial charge in [-0.25, -0.2) is 9.98 Å². The fourth-order valence-corrected chi connectivity index (χ4v) is 3.57. The maximum Gasteiger partial charge on any atom is 0.191 e. The second-order valence-electron chi connectivity index (χ2n) is 6.60. The summed E-state index contributed by atoms with van der Waals surface area (Å²) in [7, 11) is 0. The van der Waals surface area contributed by atoms with E-state index in [0.29, 0.717) is 25.0 Å². The summed E-state index contributed by atoms with van der Waals surface area (Å²) >= 11 is 1.67. The van der Waals surface area contributed by atoms with E-state index in [1.807, 2.05) is 23.7 Å². The molecule has 1 aromatic carbocycles. The Morgan fingerprint density at radius 3 is 2.52 bits per heavy atom. The summed E-state index contributed by atoms with van der Waals surface area (Å²) in [6.45, 7) is 9.03. The summed E-state index contributed by atoms with van der Waals surface area (Å²) in [5, 5.41) is 3.09. The monoisotopic (exact) mass is 501 g/mol. The van der Waals surface area contributed by atoms with E-state index in [1.165, 1.54) is 5.56 Å². The number of ether oxygens (including phenoxy) is 1. The third-order valence-corrected chi connectivity index (χ3v) is 5.31. The Morgan fingerprint density at radius 1 is 1.22 bits per heavy atom. The van der Waals surface area contributed by atoms with Gasteiger partial charge >= 0.3 is 0 Å². The molecule has 2 aromatic rings. The third-order valence-electron chi connectivity index (χ3n) is 4.47. The molecule has 6 nitrogen and oxygen atoms in total. The van der Waals surface area contributed by atoms with Crippen molar-refractivity contribution in [1.29, 1.82) is 0 Å². The first-order valence-corrected chi connectivity index (χ1v) is 9.93. The SMILES string of the molecule is CC(C)c1ccc(OCCN=C(N)N2CCN(c3nccs3)CC2)cc1.I. The van der Waals surface area contributed by atoms with Gasteiger partial charge in [0, 0.05) is 37.8 Å². The van der Waals surface area contributed by atoms with Gasteiger partial charge in [-0.05, 0) is 23.6 Å². The molecule has 0 saturated carbocycles. The fraction of sp³-hybridized carbons (Fsp3) is 0.474. The molecule has 27 heavy (non-hydrogen) atoms. The van der Waals surface area contributed by atoms with Gasteiger partial charge in [-0.1, -0.05) is 26.0 Å². The number of anilines is 1. The predicted molar refractivity (Wildman–Crippen MR) is 124 cm³/mol. The number of rotatable bonds is 6. The Bertz CT molecular complexity index is 697. The molecule has 0 amide bonds. The molecule has 1 fully saturated rings. The molecule has 1 aliphatic heterocycles. The van der Waals surface area contributed by atoms with Crippen LogP contribution in [-0.4, -0.2) is 55.2 Å². The number of benzene rings is 1. The molecular formula is C19H28IN5OS. The van der Waals surface area contributed by atoms with E-state index in [0.717, 1.165) is 37.1 Å². The van der Waals surface area contributed by atoms with Gasteiger partial charge < -0.3 is 20.3 Å². The lowest BCUT2D eigenvalue weighted by molar-refractivity contribution is 0.326. The molecule has 0 atom stereocenters. The Labute approximate surface area is 182 Å². The number of hydrogen-bond acceptors (Lipinski definition) is 5. The molecule has 3 rings (SSSR count). The fourth-order valence-electron chi connectivity index (χ4n) is 2.87. The minimum atomic E-state index is 0. The molecule has 0 unspecified atom stereocenters. The quantitative estimate of drug-likeness (QED) is 0.285. The Morgan fingerprint density at radius 2 is 1.93 bits per heavy atom. The van der Waals surface area contributed by atoms with Crippen LogP contribution in [-0.2, 0) is 0 Å². The van der Waals surface area contributed by atoms with Crippen molar-refractivity contribution in [2.45, 2.75) is 19.8 Å². The van der Waals surface area contributed by atoms with Crippen molar-refractivity contribution in [1.82, 2.24) is 9.88 Å². The summed E-state index contributed by atoms with van der Waals surface area (Å²) in [5.74, 6) is 2.01. The molecule has 0 spiro atoms. The first-order chi connectivity index (χ1) is 12.6. The van der Waals surface area contributed by atoms with Crippen LogP contribution in [0.25, 0.3) is 0 Å². The zero-order chi connectivity index (χ0) is 18.4. The smallest absolute Gasteiger partial charge is 0.191 e. The van der Waals surface area contributed by atoms with Crippen LogP contribution in [0.4, 0.5) is 5.13 Å². The topological polar surface area (TPSA) is 67.0 Å². The van der Waals surface area contributed by atoms with E-state index in [2.05, 4.69) is 45.8 Å². The van der Waals surface area contributed by atoms with Gasteiger partial charge in [0.2, 0.25) is 0 Å². The molecule has 1 saturated heterocycles. The van der Waals surface area contributed by atoms with E-state index >= 15 is 0 Å². The molecular weight excluding hydrogens is 473 g/mol. The number of aromatic nitrogens is 1. The highest BCUT2D eigenvalue weighted by molar-refractivity contribution is 14.0. The number of guanidine groups is 1. The van der Waals surface area contributed by atoms with Gasteiger partial charge in [-0.15, -0.1) is 35.3 Å². The molecule has 2 heterocycles. The predicted octanol–water partition coefficient (Wildman–Crippen LogP) is 3.40. The first kappa shape index (κ1) is 21.7.